The van der Waals surface area contributed by atoms with Gasteiger partial charge in [0.25, 0.3) is 0 Å². The van der Waals surface area contributed by atoms with E-state index in [1.165, 1.54) is 0 Å². The fourth-order valence-electron chi connectivity index (χ4n) is 1.84. The van der Waals surface area contributed by atoms with Crippen molar-refractivity contribution >= 4 is 23.2 Å². The molecular formula is C15H16ClNO3. The molecule has 0 aliphatic heterocycles. The zero-order valence-electron chi connectivity index (χ0n) is 11.2. The number of benzene rings is 1. The van der Waals surface area contributed by atoms with Crippen molar-refractivity contribution in [2.75, 3.05) is 17.4 Å². The topological polar surface area (TPSA) is 42.7 Å². The number of carbonyl (C=O) groups is 1. The van der Waals surface area contributed by atoms with E-state index in [1.807, 2.05) is 37.3 Å². The maximum absolute atomic E-state index is 12.0. The van der Waals surface area contributed by atoms with Crippen molar-refractivity contribution < 1.29 is 13.9 Å². The lowest BCUT2D eigenvalue weighted by molar-refractivity contribution is -0.116. The molecule has 106 valence electrons. The van der Waals surface area contributed by atoms with Gasteiger partial charge in [0.1, 0.15) is 17.4 Å². The molecule has 0 saturated heterocycles. The normalized spacial score (nSPS) is 10.3. The van der Waals surface area contributed by atoms with E-state index in [4.69, 9.17) is 20.8 Å². The Hall–Kier alpha value is -1.94. The van der Waals surface area contributed by atoms with Gasteiger partial charge in [-0.15, -0.1) is 11.6 Å². The number of halogens is 1. The second-order valence-electron chi connectivity index (χ2n) is 4.12. The predicted octanol–water partition coefficient (Wildman–Crippen LogP) is 3.45. The molecule has 20 heavy (non-hydrogen) atoms. The summed E-state index contributed by atoms with van der Waals surface area (Å²) in [4.78, 5) is 13.6. The van der Waals surface area contributed by atoms with Gasteiger partial charge in [-0.1, -0.05) is 0 Å². The minimum atomic E-state index is -0.174. The van der Waals surface area contributed by atoms with Gasteiger partial charge in [-0.25, -0.2) is 0 Å². The van der Waals surface area contributed by atoms with Gasteiger partial charge >= 0.3 is 0 Å². The number of anilines is 1. The van der Waals surface area contributed by atoms with Gasteiger partial charge in [0.15, 0.2) is 0 Å². The molecule has 0 N–H and O–H groups in total. The van der Waals surface area contributed by atoms with Crippen molar-refractivity contribution in [3.8, 4) is 5.75 Å². The summed E-state index contributed by atoms with van der Waals surface area (Å²) in [5, 5.41) is 0. The number of alkyl halides is 1. The molecule has 2 rings (SSSR count). The first-order chi connectivity index (χ1) is 9.74. The molecule has 0 unspecified atom stereocenters. The number of ether oxygens (including phenoxy) is 1. The second-order valence-corrected chi connectivity index (χ2v) is 4.39. The van der Waals surface area contributed by atoms with Crippen LogP contribution in [-0.2, 0) is 11.3 Å². The van der Waals surface area contributed by atoms with Crippen molar-refractivity contribution in [2.24, 2.45) is 0 Å². The van der Waals surface area contributed by atoms with Crippen molar-refractivity contribution in [1.29, 1.82) is 0 Å². The van der Waals surface area contributed by atoms with E-state index < -0.39 is 0 Å². The second kappa shape index (κ2) is 7.01. The molecule has 4 nitrogen and oxygen atoms in total. The SMILES string of the molecule is CCOc1ccc(N(Cc2ccco2)C(=O)CCl)cc1. The Morgan fingerprint density at radius 3 is 2.60 bits per heavy atom. The van der Waals surface area contributed by atoms with Gasteiger partial charge in [-0.3, -0.25) is 4.79 Å². The van der Waals surface area contributed by atoms with E-state index in [1.54, 1.807) is 17.2 Å². The lowest BCUT2D eigenvalue weighted by Crippen LogP contribution is -2.31. The molecule has 0 radical (unpaired) electrons. The molecular weight excluding hydrogens is 278 g/mol. The summed E-state index contributed by atoms with van der Waals surface area (Å²) in [5.41, 5.74) is 0.760. The van der Waals surface area contributed by atoms with Gasteiger partial charge in [0.2, 0.25) is 5.91 Å². The molecule has 1 heterocycles. The summed E-state index contributed by atoms with van der Waals surface area (Å²) in [5.74, 6) is 1.23. The van der Waals surface area contributed by atoms with Crippen LogP contribution in [0.15, 0.2) is 47.1 Å². The monoisotopic (exact) mass is 293 g/mol. The Labute approximate surface area is 122 Å². The van der Waals surface area contributed by atoms with E-state index in [2.05, 4.69) is 0 Å². The van der Waals surface area contributed by atoms with Crippen LogP contribution in [-0.4, -0.2) is 18.4 Å². The third-order valence-electron chi connectivity index (χ3n) is 2.77. The van der Waals surface area contributed by atoms with Gasteiger partial charge < -0.3 is 14.1 Å². The van der Waals surface area contributed by atoms with Crippen LogP contribution in [0, 0.1) is 0 Å². The lowest BCUT2D eigenvalue weighted by Gasteiger charge is -2.21. The number of carbonyl (C=O) groups excluding carboxylic acids is 1. The van der Waals surface area contributed by atoms with Crippen LogP contribution in [0.25, 0.3) is 0 Å². The fourth-order valence-corrected chi connectivity index (χ4v) is 1.99. The first-order valence-corrected chi connectivity index (χ1v) is 6.89. The van der Waals surface area contributed by atoms with Gasteiger partial charge in [0.05, 0.1) is 19.4 Å². The Balaban J connectivity index is 2.19. The third kappa shape index (κ3) is 3.54. The molecule has 1 aromatic carbocycles. The highest BCUT2D eigenvalue weighted by atomic mass is 35.5. The van der Waals surface area contributed by atoms with E-state index in [-0.39, 0.29) is 11.8 Å². The maximum Gasteiger partial charge on any atom is 0.242 e. The highest BCUT2D eigenvalue weighted by Crippen LogP contribution is 2.22. The van der Waals surface area contributed by atoms with Crippen LogP contribution in [0.3, 0.4) is 0 Å². The van der Waals surface area contributed by atoms with Crippen LogP contribution in [0.1, 0.15) is 12.7 Å². The average molecular weight is 294 g/mol. The predicted molar refractivity (Wildman–Crippen MR) is 78.2 cm³/mol. The van der Waals surface area contributed by atoms with Crippen LogP contribution >= 0.6 is 11.6 Å². The van der Waals surface area contributed by atoms with Gasteiger partial charge in [-0.05, 0) is 43.3 Å². The Morgan fingerprint density at radius 1 is 1.30 bits per heavy atom. The first-order valence-electron chi connectivity index (χ1n) is 6.36. The molecule has 0 aliphatic carbocycles. The average Bonchev–Trinajstić information content (AvgIpc) is 2.98. The molecule has 0 atom stereocenters. The summed E-state index contributed by atoms with van der Waals surface area (Å²) in [6, 6.07) is 10.9. The van der Waals surface area contributed by atoms with E-state index in [0.29, 0.717) is 18.9 Å². The number of rotatable bonds is 6. The highest BCUT2D eigenvalue weighted by Gasteiger charge is 2.16. The van der Waals surface area contributed by atoms with Crippen LogP contribution in [0.2, 0.25) is 0 Å². The van der Waals surface area contributed by atoms with Crippen LogP contribution < -0.4 is 9.64 Å². The number of hydrogen-bond acceptors (Lipinski definition) is 3. The molecule has 1 aromatic heterocycles. The van der Waals surface area contributed by atoms with Crippen LogP contribution in [0.5, 0.6) is 5.75 Å². The number of hydrogen-bond donors (Lipinski definition) is 0. The van der Waals surface area contributed by atoms with Crippen molar-refractivity contribution in [1.82, 2.24) is 0 Å². The number of nitrogens with zero attached hydrogens (tertiary/aromatic N) is 1. The fraction of sp³-hybridized carbons (Fsp3) is 0.267. The molecule has 0 bridgehead atoms. The zero-order chi connectivity index (χ0) is 14.4. The summed E-state index contributed by atoms with van der Waals surface area (Å²) >= 11 is 5.67. The highest BCUT2D eigenvalue weighted by molar-refractivity contribution is 6.29. The Bertz CT molecular complexity index is 537. The molecule has 0 aliphatic rings. The molecule has 1 amide bonds. The summed E-state index contributed by atoms with van der Waals surface area (Å²) in [7, 11) is 0. The smallest absolute Gasteiger partial charge is 0.242 e. The quantitative estimate of drug-likeness (QED) is 0.766. The Morgan fingerprint density at radius 2 is 2.05 bits per heavy atom. The number of amides is 1. The maximum atomic E-state index is 12.0. The molecule has 0 saturated carbocycles. The van der Waals surface area contributed by atoms with Crippen molar-refractivity contribution in [3.05, 3.63) is 48.4 Å². The van der Waals surface area contributed by atoms with Crippen molar-refractivity contribution in [2.45, 2.75) is 13.5 Å². The largest absolute Gasteiger partial charge is 0.494 e. The van der Waals surface area contributed by atoms with Crippen molar-refractivity contribution in [3.63, 3.8) is 0 Å². The molecule has 0 spiro atoms. The third-order valence-corrected chi connectivity index (χ3v) is 3.00. The standard InChI is InChI=1S/C15H16ClNO3/c1-2-19-13-7-5-12(6-8-13)17(15(18)10-16)11-14-4-3-9-20-14/h3-9H,2,10-11H2,1H3. The summed E-state index contributed by atoms with van der Waals surface area (Å²) < 4.78 is 10.7. The first kappa shape index (κ1) is 14.5. The van der Waals surface area contributed by atoms with E-state index in [0.717, 1.165) is 11.4 Å². The van der Waals surface area contributed by atoms with Gasteiger partial charge in [0, 0.05) is 5.69 Å². The van der Waals surface area contributed by atoms with Crippen LogP contribution in [0.4, 0.5) is 5.69 Å². The minimum absolute atomic E-state index is 0.0755. The van der Waals surface area contributed by atoms with E-state index >= 15 is 0 Å². The molecule has 2 aromatic rings. The lowest BCUT2D eigenvalue weighted by atomic mass is 10.2. The zero-order valence-corrected chi connectivity index (χ0v) is 12.0. The summed E-state index contributed by atoms with van der Waals surface area (Å²) in [6.45, 7) is 2.89. The van der Waals surface area contributed by atoms with Gasteiger partial charge in [-0.2, -0.15) is 0 Å². The van der Waals surface area contributed by atoms with E-state index in [9.17, 15) is 4.79 Å². The number of furan rings is 1. The molecule has 5 heteroatoms. The molecule has 0 fully saturated rings. The Kier molecular flexibility index (Phi) is 5.07. The summed E-state index contributed by atoms with van der Waals surface area (Å²) in [6.07, 6.45) is 1.58. The minimum Gasteiger partial charge on any atom is -0.494 e.